The molecule has 0 bridgehead atoms. The molecule has 0 aromatic rings. The van der Waals surface area contributed by atoms with Gasteiger partial charge in [0.2, 0.25) is 0 Å². The number of rotatable bonds is 12. The number of aliphatic hydroxyl groups excluding tert-OH is 8. The SMILES string of the molecule is COC1C(OC2C(OCC[C@@H](CCC(C)[C@H]3C[C@@H](O)C4[C@]5(O)C[C@H](O)C6[C@@H](O)[C@@H](O)CC[C@]6(C)C5CC[C@@]43C)C(C)C)OCC(O)C2O)OCC(O)C1O. The number of hydrogen-bond acceptors (Lipinski definition) is 14. The van der Waals surface area contributed by atoms with Crippen LogP contribution in [0.4, 0.5) is 0 Å². The summed E-state index contributed by atoms with van der Waals surface area (Å²) in [4.78, 5) is 0. The Kier molecular flexibility index (Phi) is 13.2. The molecular weight excluding hydrogens is 704 g/mol. The second kappa shape index (κ2) is 16.6. The fraction of sp³-hybridized carbons (Fsp3) is 1.00. The van der Waals surface area contributed by atoms with Crippen molar-refractivity contribution < 1.29 is 69.6 Å². The number of hydrogen-bond donors (Lipinski definition) is 9. The predicted octanol–water partition coefficient (Wildman–Crippen LogP) is 0.685. The normalized spacial score (nSPS) is 52.0. The van der Waals surface area contributed by atoms with Gasteiger partial charge in [-0.2, -0.15) is 0 Å². The summed E-state index contributed by atoms with van der Waals surface area (Å²) < 4.78 is 28.8. The van der Waals surface area contributed by atoms with Crippen molar-refractivity contribution >= 4 is 0 Å². The van der Waals surface area contributed by atoms with Gasteiger partial charge in [-0.3, -0.25) is 0 Å². The van der Waals surface area contributed by atoms with E-state index < -0.39 is 96.5 Å². The van der Waals surface area contributed by atoms with E-state index in [1.807, 2.05) is 0 Å². The van der Waals surface area contributed by atoms with Gasteiger partial charge < -0.3 is 69.6 Å². The van der Waals surface area contributed by atoms with Crippen LogP contribution in [0.25, 0.3) is 0 Å². The molecule has 2 heterocycles. The first kappa shape index (κ1) is 43.0. The molecule has 14 nitrogen and oxygen atoms in total. The molecule has 6 aliphatic rings. The van der Waals surface area contributed by atoms with Gasteiger partial charge in [0.05, 0.1) is 49.8 Å². The van der Waals surface area contributed by atoms with Gasteiger partial charge in [0, 0.05) is 25.4 Å². The van der Waals surface area contributed by atoms with E-state index in [1.165, 1.54) is 7.11 Å². The molecule has 0 aromatic carbocycles. The molecule has 4 saturated carbocycles. The van der Waals surface area contributed by atoms with Crippen LogP contribution >= 0.6 is 0 Å². The van der Waals surface area contributed by atoms with Crippen LogP contribution in [0.5, 0.6) is 0 Å². The number of methoxy groups -OCH3 is 1. The first-order valence-corrected chi connectivity index (χ1v) is 20.6. The van der Waals surface area contributed by atoms with Crippen molar-refractivity contribution in [2.45, 2.75) is 172 Å². The van der Waals surface area contributed by atoms with E-state index in [2.05, 4.69) is 34.6 Å². The molecule has 0 aromatic heterocycles. The molecule has 0 amide bonds. The maximum Gasteiger partial charge on any atom is 0.187 e. The maximum absolute atomic E-state index is 12.6. The minimum atomic E-state index is -1.35. The lowest BCUT2D eigenvalue weighted by molar-refractivity contribution is -0.345. The Bertz CT molecular complexity index is 1240. The minimum absolute atomic E-state index is 0.0911. The van der Waals surface area contributed by atoms with Crippen LogP contribution < -0.4 is 0 Å². The molecule has 2 aliphatic heterocycles. The zero-order chi connectivity index (χ0) is 39.5. The summed E-state index contributed by atoms with van der Waals surface area (Å²) in [5.74, 6) is -0.0379. The summed E-state index contributed by atoms with van der Waals surface area (Å²) in [5, 5.41) is 98.9. The lowest BCUT2D eigenvalue weighted by atomic mass is 9.41. The molecule has 314 valence electrons. The van der Waals surface area contributed by atoms with Crippen molar-refractivity contribution in [3.8, 4) is 0 Å². The first-order chi connectivity index (χ1) is 25.4. The van der Waals surface area contributed by atoms with E-state index in [0.29, 0.717) is 38.2 Å². The predicted molar refractivity (Wildman–Crippen MR) is 193 cm³/mol. The van der Waals surface area contributed by atoms with E-state index >= 15 is 0 Å². The van der Waals surface area contributed by atoms with Crippen molar-refractivity contribution in [3.05, 3.63) is 0 Å². The third kappa shape index (κ3) is 7.58. The van der Waals surface area contributed by atoms with Crippen LogP contribution in [-0.4, -0.2) is 152 Å². The number of aliphatic hydroxyl groups is 9. The Morgan fingerprint density at radius 1 is 0.704 bits per heavy atom. The molecule has 9 N–H and O–H groups in total. The van der Waals surface area contributed by atoms with Crippen LogP contribution in [0.15, 0.2) is 0 Å². The van der Waals surface area contributed by atoms with Gasteiger partial charge in [0.1, 0.15) is 36.6 Å². The molecule has 12 unspecified atom stereocenters. The van der Waals surface area contributed by atoms with Gasteiger partial charge in [-0.25, -0.2) is 0 Å². The molecule has 4 aliphatic carbocycles. The Labute approximate surface area is 320 Å². The lowest BCUT2D eigenvalue weighted by Crippen LogP contribution is -2.70. The van der Waals surface area contributed by atoms with Gasteiger partial charge >= 0.3 is 0 Å². The lowest BCUT2D eigenvalue weighted by Gasteiger charge is -2.66. The quantitative estimate of drug-likeness (QED) is 0.133. The molecule has 0 radical (unpaired) electrons. The van der Waals surface area contributed by atoms with Gasteiger partial charge in [-0.15, -0.1) is 0 Å². The summed E-state index contributed by atoms with van der Waals surface area (Å²) in [6.45, 7) is 10.9. The zero-order valence-corrected chi connectivity index (χ0v) is 33.0. The van der Waals surface area contributed by atoms with Gasteiger partial charge in [-0.1, -0.05) is 41.0 Å². The van der Waals surface area contributed by atoms with Crippen molar-refractivity contribution in [2.24, 2.45) is 52.3 Å². The monoisotopic (exact) mass is 774 g/mol. The Hall–Kier alpha value is -0.560. The highest BCUT2D eigenvalue weighted by Crippen LogP contribution is 2.70. The summed E-state index contributed by atoms with van der Waals surface area (Å²) >= 11 is 0. The smallest absolute Gasteiger partial charge is 0.187 e. The van der Waals surface area contributed by atoms with Crippen LogP contribution in [0, 0.1) is 52.3 Å². The Morgan fingerprint density at radius 2 is 1.33 bits per heavy atom. The summed E-state index contributed by atoms with van der Waals surface area (Å²) in [6.07, 6.45) is -7.08. The zero-order valence-electron chi connectivity index (χ0n) is 33.0. The van der Waals surface area contributed by atoms with E-state index in [4.69, 9.17) is 23.7 Å². The van der Waals surface area contributed by atoms with Gasteiger partial charge in [0.15, 0.2) is 12.6 Å². The average molecular weight is 775 g/mol. The van der Waals surface area contributed by atoms with Crippen LogP contribution in [0.1, 0.15) is 92.4 Å². The van der Waals surface area contributed by atoms with E-state index in [0.717, 1.165) is 25.7 Å². The van der Waals surface area contributed by atoms with E-state index in [9.17, 15) is 46.0 Å². The summed E-state index contributed by atoms with van der Waals surface area (Å²) in [7, 11) is 1.35. The van der Waals surface area contributed by atoms with Crippen molar-refractivity contribution in [1.29, 1.82) is 0 Å². The summed E-state index contributed by atoms with van der Waals surface area (Å²) in [5.41, 5.74) is -2.14. The number of fused-ring (bicyclic) bond motifs is 5. The molecule has 54 heavy (non-hydrogen) atoms. The maximum atomic E-state index is 12.6. The van der Waals surface area contributed by atoms with Crippen LogP contribution in [0.3, 0.4) is 0 Å². The first-order valence-electron chi connectivity index (χ1n) is 20.6. The molecule has 21 atom stereocenters. The van der Waals surface area contributed by atoms with Gasteiger partial charge in [-0.05, 0) is 85.4 Å². The molecule has 6 rings (SSSR count). The van der Waals surface area contributed by atoms with E-state index in [-0.39, 0.29) is 48.7 Å². The Morgan fingerprint density at radius 3 is 1.98 bits per heavy atom. The third-order valence-electron chi connectivity index (χ3n) is 15.6. The molecule has 6 fully saturated rings. The second-order valence-electron chi connectivity index (χ2n) is 18.9. The van der Waals surface area contributed by atoms with Crippen molar-refractivity contribution in [3.63, 3.8) is 0 Å². The highest BCUT2D eigenvalue weighted by Gasteiger charge is 2.71. The van der Waals surface area contributed by atoms with Crippen LogP contribution in [-0.2, 0) is 23.7 Å². The molecular formula is C40H70O14. The van der Waals surface area contributed by atoms with Crippen molar-refractivity contribution in [1.82, 2.24) is 0 Å². The fourth-order valence-corrected chi connectivity index (χ4v) is 12.7. The standard InChI is InChI=1S/C40H70O14/c1-19(2)21(11-14-51-36-34(32(48)27(45)17-52-36)54-37-33(50-6)31(47)26(44)18-53-37)8-7-20(3)22-15-24(42)35-38(22,4)13-10-28-39(5)12-9-23(41)30(46)29(39)25(43)16-40(28,35)49/h19-37,41-49H,7-18H2,1-6H3/t20?,21-,22-,23+,24-,25+,26?,27?,28?,29?,30+,31?,32?,33?,34?,35?,36?,37?,38-,39-,40+/m1/s1. The van der Waals surface area contributed by atoms with Gasteiger partial charge in [0.25, 0.3) is 0 Å². The number of ether oxygens (including phenoxy) is 5. The van der Waals surface area contributed by atoms with E-state index in [1.54, 1.807) is 0 Å². The Balaban J connectivity index is 1.07. The van der Waals surface area contributed by atoms with Crippen LogP contribution in [0.2, 0.25) is 0 Å². The third-order valence-corrected chi connectivity index (χ3v) is 15.6. The highest BCUT2D eigenvalue weighted by atomic mass is 16.8. The molecule has 2 saturated heterocycles. The topological polar surface area (TPSA) is 228 Å². The average Bonchev–Trinajstić information content (AvgIpc) is 3.39. The molecule has 14 heteroatoms. The fourth-order valence-electron chi connectivity index (χ4n) is 12.7. The van der Waals surface area contributed by atoms with Crippen molar-refractivity contribution in [2.75, 3.05) is 26.9 Å². The largest absolute Gasteiger partial charge is 0.393 e. The summed E-state index contributed by atoms with van der Waals surface area (Å²) in [6, 6.07) is 0. The second-order valence-corrected chi connectivity index (χ2v) is 18.9. The minimum Gasteiger partial charge on any atom is -0.393 e. The molecule has 0 spiro atoms. The highest BCUT2D eigenvalue weighted by molar-refractivity contribution is 5.21.